The Morgan fingerprint density at radius 1 is 1.14 bits per heavy atom. The van der Waals surface area contributed by atoms with Crippen molar-refractivity contribution < 1.29 is 0 Å². The van der Waals surface area contributed by atoms with Gasteiger partial charge in [0.2, 0.25) is 0 Å². The van der Waals surface area contributed by atoms with Gasteiger partial charge < -0.3 is 4.90 Å². The zero-order valence-electron chi connectivity index (χ0n) is 16.2. The van der Waals surface area contributed by atoms with Crippen LogP contribution in [0, 0.1) is 0 Å². The third-order valence-electron chi connectivity index (χ3n) is 4.35. The number of fused-ring (bicyclic) bond motifs is 1. The van der Waals surface area contributed by atoms with Gasteiger partial charge in [0.25, 0.3) is 0 Å². The van der Waals surface area contributed by atoms with Crippen LogP contribution >= 0.6 is 23.5 Å². The molecule has 146 valence electrons. The smallest absolute Gasteiger partial charge is 0.0779 e. The van der Waals surface area contributed by atoms with Crippen molar-refractivity contribution >= 4 is 29.2 Å². The zero-order chi connectivity index (χ0) is 19.8. The van der Waals surface area contributed by atoms with E-state index in [1.165, 1.54) is 16.1 Å². The van der Waals surface area contributed by atoms with E-state index >= 15 is 0 Å². The average molecular weight is 413 g/mol. The number of nitrogens with zero attached hydrogens (tertiary/aromatic N) is 3. The minimum Gasteiger partial charge on any atom is -0.364 e. The summed E-state index contributed by atoms with van der Waals surface area (Å²) in [6.45, 7) is 5.64. The molecule has 0 spiro atoms. The second kappa shape index (κ2) is 10.5. The van der Waals surface area contributed by atoms with E-state index in [0.717, 1.165) is 30.2 Å². The van der Waals surface area contributed by atoms with Gasteiger partial charge in [-0.05, 0) is 54.3 Å². The highest BCUT2D eigenvalue weighted by Gasteiger charge is 2.25. The predicted molar refractivity (Wildman–Crippen MR) is 119 cm³/mol. The van der Waals surface area contributed by atoms with Gasteiger partial charge in [-0.2, -0.15) is 0 Å². The molecule has 0 fully saturated rings. The van der Waals surface area contributed by atoms with Gasteiger partial charge in [-0.1, -0.05) is 43.6 Å². The Morgan fingerprint density at radius 3 is 2.71 bits per heavy atom. The van der Waals surface area contributed by atoms with E-state index in [2.05, 4.69) is 56.0 Å². The van der Waals surface area contributed by atoms with Gasteiger partial charge in [-0.25, -0.2) is 0 Å². The molecule has 4 rings (SSSR count). The minimum absolute atomic E-state index is 0.322. The molecule has 0 radical (unpaired) electrons. The molecule has 4 nitrogen and oxygen atoms in total. The maximum Gasteiger partial charge on any atom is 0.0779 e. The van der Waals surface area contributed by atoms with Gasteiger partial charge in [-0.3, -0.25) is 14.7 Å². The Morgan fingerprint density at radius 2 is 1.96 bits per heavy atom. The molecule has 1 atom stereocenters. The van der Waals surface area contributed by atoms with Crippen molar-refractivity contribution in [2.45, 2.75) is 37.8 Å². The first-order chi connectivity index (χ1) is 13.8. The van der Waals surface area contributed by atoms with Gasteiger partial charge in [0, 0.05) is 40.6 Å². The number of nitrogens with one attached hydrogen (secondary N) is 1. The van der Waals surface area contributed by atoms with Crippen LogP contribution in [0.4, 0.5) is 5.69 Å². The molecule has 0 saturated carbocycles. The molecule has 3 aromatic rings. The number of anilines is 1. The van der Waals surface area contributed by atoms with E-state index in [0.29, 0.717) is 6.04 Å². The molecule has 0 saturated heterocycles. The van der Waals surface area contributed by atoms with Gasteiger partial charge >= 0.3 is 0 Å². The average Bonchev–Trinajstić information content (AvgIpc) is 2.75. The van der Waals surface area contributed by atoms with E-state index in [4.69, 9.17) is 11.6 Å². The monoisotopic (exact) mass is 412 g/mol. The Bertz CT molecular complexity index is 861. The molecule has 1 unspecified atom stereocenters. The zero-order valence-corrected chi connectivity index (χ0v) is 17.7. The van der Waals surface area contributed by atoms with Crippen LogP contribution in [0.3, 0.4) is 0 Å². The maximum atomic E-state index is 6.24. The summed E-state index contributed by atoms with van der Waals surface area (Å²) < 4.78 is 3.61. The maximum absolute atomic E-state index is 6.24. The molecule has 28 heavy (non-hydrogen) atoms. The number of benzene rings is 2. The standard InChI is InChI=1S/C20H19ClN4S.C2H6/c21-16-6-7-20-15(10-16)11-17(24-26-19-4-2-1-3-5-19)13-25(20)14-18-12-22-8-9-23-18;1-2/h1-10,12,17,24H,11,13-14H2;1-2H3. The van der Waals surface area contributed by atoms with Crippen molar-refractivity contribution in [3.63, 3.8) is 0 Å². The Hall–Kier alpha value is -2.08. The Labute approximate surface area is 176 Å². The van der Waals surface area contributed by atoms with Crippen LogP contribution in [0.1, 0.15) is 25.1 Å². The van der Waals surface area contributed by atoms with Crippen LogP contribution in [-0.4, -0.2) is 22.6 Å². The van der Waals surface area contributed by atoms with Crippen molar-refractivity contribution in [1.29, 1.82) is 0 Å². The number of aromatic nitrogens is 2. The minimum atomic E-state index is 0.322. The lowest BCUT2D eigenvalue weighted by molar-refractivity contribution is 0.567. The fraction of sp³-hybridized carbons (Fsp3) is 0.273. The second-order valence-electron chi connectivity index (χ2n) is 6.28. The third kappa shape index (κ3) is 5.47. The van der Waals surface area contributed by atoms with Gasteiger partial charge in [0.05, 0.1) is 18.4 Å². The molecule has 0 aliphatic carbocycles. The first-order valence-corrected chi connectivity index (χ1v) is 10.7. The van der Waals surface area contributed by atoms with E-state index in [9.17, 15) is 0 Å². The van der Waals surface area contributed by atoms with Crippen LogP contribution in [0.5, 0.6) is 0 Å². The molecule has 1 N–H and O–H groups in total. The number of halogens is 1. The summed E-state index contributed by atoms with van der Waals surface area (Å²) in [6, 6.07) is 16.8. The fourth-order valence-corrected chi connectivity index (χ4v) is 4.14. The Balaban J connectivity index is 0.00000109. The van der Waals surface area contributed by atoms with Crippen LogP contribution in [-0.2, 0) is 13.0 Å². The fourth-order valence-electron chi connectivity index (χ4n) is 3.20. The summed E-state index contributed by atoms with van der Waals surface area (Å²) in [5.41, 5.74) is 3.45. The van der Waals surface area contributed by atoms with Crippen LogP contribution in [0.2, 0.25) is 5.02 Å². The lowest BCUT2D eigenvalue weighted by atomic mass is 9.98. The van der Waals surface area contributed by atoms with Gasteiger partial charge in [0.1, 0.15) is 0 Å². The van der Waals surface area contributed by atoms with Crippen LogP contribution in [0.15, 0.2) is 72.0 Å². The molecular formula is C22H25ClN4S. The molecule has 2 heterocycles. The number of hydrogen-bond donors (Lipinski definition) is 1. The predicted octanol–water partition coefficient (Wildman–Crippen LogP) is 5.38. The van der Waals surface area contributed by atoms with Crippen molar-refractivity contribution in [2.75, 3.05) is 11.4 Å². The summed E-state index contributed by atoms with van der Waals surface area (Å²) in [6.07, 6.45) is 6.22. The summed E-state index contributed by atoms with van der Waals surface area (Å²) in [5.74, 6) is 0. The second-order valence-corrected chi connectivity index (χ2v) is 7.63. The van der Waals surface area contributed by atoms with Gasteiger partial charge in [0.15, 0.2) is 0 Å². The molecular weight excluding hydrogens is 388 g/mol. The topological polar surface area (TPSA) is 41.0 Å². The molecule has 1 aliphatic heterocycles. The molecule has 0 amide bonds. The third-order valence-corrected chi connectivity index (χ3v) is 5.54. The molecule has 2 aromatic carbocycles. The first kappa shape index (κ1) is 20.6. The van der Waals surface area contributed by atoms with Crippen molar-refractivity contribution in [3.8, 4) is 0 Å². The highest BCUT2D eigenvalue weighted by Crippen LogP contribution is 2.31. The largest absolute Gasteiger partial charge is 0.364 e. The summed E-state index contributed by atoms with van der Waals surface area (Å²) >= 11 is 7.92. The van der Waals surface area contributed by atoms with Gasteiger partial charge in [-0.15, -0.1) is 0 Å². The van der Waals surface area contributed by atoms with Crippen LogP contribution < -0.4 is 9.62 Å². The lowest BCUT2D eigenvalue weighted by Crippen LogP contribution is -2.43. The number of hydrogen-bond acceptors (Lipinski definition) is 5. The first-order valence-electron chi connectivity index (χ1n) is 9.53. The van der Waals surface area contributed by atoms with E-state index in [1.807, 2.05) is 32.2 Å². The van der Waals surface area contributed by atoms with Crippen molar-refractivity contribution in [3.05, 3.63) is 83.4 Å². The lowest BCUT2D eigenvalue weighted by Gasteiger charge is -2.36. The highest BCUT2D eigenvalue weighted by molar-refractivity contribution is 7.97. The SMILES string of the molecule is CC.Clc1ccc2c(c1)CC(NSc1ccccc1)CN2Cc1cnccn1. The summed E-state index contributed by atoms with van der Waals surface area (Å²) in [4.78, 5) is 12.2. The molecule has 6 heteroatoms. The van der Waals surface area contributed by atoms with E-state index < -0.39 is 0 Å². The van der Waals surface area contributed by atoms with E-state index in [-0.39, 0.29) is 0 Å². The van der Waals surface area contributed by atoms with E-state index in [1.54, 1.807) is 24.3 Å². The highest BCUT2D eigenvalue weighted by atomic mass is 35.5. The number of rotatable bonds is 5. The van der Waals surface area contributed by atoms with Crippen LogP contribution in [0.25, 0.3) is 0 Å². The summed E-state index contributed by atoms with van der Waals surface area (Å²) in [7, 11) is 0. The molecule has 1 aromatic heterocycles. The Kier molecular flexibility index (Phi) is 7.71. The van der Waals surface area contributed by atoms with Crippen molar-refractivity contribution in [1.82, 2.24) is 14.7 Å². The summed E-state index contributed by atoms with van der Waals surface area (Å²) in [5, 5.41) is 0.777. The molecule has 1 aliphatic rings. The molecule has 0 bridgehead atoms. The quantitative estimate of drug-likeness (QED) is 0.569. The normalized spacial score (nSPS) is 15.4. The van der Waals surface area contributed by atoms with Crippen molar-refractivity contribution in [2.24, 2.45) is 0 Å².